The Morgan fingerprint density at radius 2 is 2.00 bits per heavy atom. The van der Waals surface area contributed by atoms with Gasteiger partial charge in [0.2, 0.25) is 0 Å². The van der Waals surface area contributed by atoms with Crippen LogP contribution in [0.5, 0.6) is 5.75 Å². The lowest BCUT2D eigenvalue weighted by Gasteiger charge is -2.27. The first-order valence-electron chi connectivity index (χ1n) is 9.40. The Morgan fingerprint density at radius 3 is 2.64 bits per heavy atom. The van der Waals surface area contributed by atoms with Crippen molar-refractivity contribution in [2.24, 2.45) is 0 Å². The lowest BCUT2D eigenvalue weighted by molar-refractivity contribution is -0.137. The Bertz CT molecular complexity index is 822. The molecule has 2 amide bonds. The Labute approximate surface area is 164 Å². The minimum atomic E-state index is -0.768. The van der Waals surface area contributed by atoms with E-state index in [-0.39, 0.29) is 6.61 Å². The third-order valence-electron chi connectivity index (χ3n) is 5.27. The fourth-order valence-electron chi connectivity index (χ4n) is 3.70. The molecule has 1 aromatic rings. The Morgan fingerprint density at radius 1 is 1.25 bits per heavy atom. The highest BCUT2D eigenvalue weighted by Crippen LogP contribution is 2.34. The second kappa shape index (κ2) is 8.48. The van der Waals surface area contributed by atoms with Crippen LogP contribution in [0.2, 0.25) is 0 Å². The topological polar surface area (TPSA) is 96.9 Å². The molecule has 0 unspecified atom stereocenters. The van der Waals surface area contributed by atoms with Gasteiger partial charge < -0.3 is 25.2 Å². The molecule has 1 heterocycles. The molecule has 1 aliphatic heterocycles. The molecular formula is C21H26N2O5. The SMILES string of the molecule is COc1cc(NC(=O)C(=O)NC2(CO)CCCC2)ccc1C1=CCOC=C1C. The van der Waals surface area contributed by atoms with Crippen molar-refractivity contribution >= 4 is 23.1 Å². The number of rotatable bonds is 5. The zero-order chi connectivity index (χ0) is 20.1. The summed E-state index contributed by atoms with van der Waals surface area (Å²) in [7, 11) is 1.56. The third kappa shape index (κ3) is 4.20. The number of anilines is 1. The lowest BCUT2D eigenvalue weighted by Crippen LogP contribution is -2.52. The second-order valence-electron chi connectivity index (χ2n) is 7.22. The summed E-state index contributed by atoms with van der Waals surface area (Å²) < 4.78 is 10.8. The molecule has 0 saturated heterocycles. The minimum absolute atomic E-state index is 0.166. The van der Waals surface area contributed by atoms with Crippen molar-refractivity contribution in [2.45, 2.75) is 38.1 Å². The van der Waals surface area contributed by atoms with E-state index in [1.165, 1.54) is 0 Å². The summed E-state index contributed by atoms with van der Waals surface area (Å²) in [6.45, 7) is 2.27. The van der Waals surface area contributed by atoms with Gasteiger partial charge in [-0.05, 0) is 49.1 Å². The lowest BCUT2D eigenvalue weighted by atomic mass is 9.97. The van der Waals surface area contributed by atoms with Gasteiger partial charge in [0, 0.05) is 17.3 Å². The van der Waals surface area contributed by atoms with E-state index in [1.54, 1.807) is 25.5 Å². The van der Waals surface area contributed by atoms with Crippen molar-refractivity contribution in [2.75, 3.05) is 25.6 Å². The van der Waals surface area contributed by atoms with E-state index in [2.05, 4.69) is 10.6 Å². The standard InChI is InChI=1S/C21H26N2O5/c1-14-12-28-10-7-16(14)17-6-5-15(11-18(17)27-2)22-19(25)20(26)23-21(13-24)8-3-4-9-21/h5-7,11-12,24H,3-4,8-10,13H2,1-2H3,(H,22,25)(H,23,26). The third-order valence-corrected chi connectivity index (χ3v) is 5.27. The fraction of sp³-hybridized carbons (Fsp3) is 0.429. The van der Waals surface area contributed by atoms with E-state index in [0.717, 1.165) is 29.6 Å². The Hall–Kier alpha value is -2.80. The van der Waals surface area contributed by atoms with Crippen LogP contribution in [-0.4, -0.2) is 42.8 Å². The summed E-state index contributed by atoms with van der Waals surface area (Å²) in [4.78, 5) is 24.6. The summed E-state index contributed by atoms with van der Waals surface area (Å²) in [6.07, 6.45) is 6.88. The molecule has 3 N–H and O–H groups in total. The van der Waals surface area contributed by atoms with Gasteiger partial charge in [0.05, 0.1) is 25.5 Å². The summed E-state index contributed by atoms with van der Waals surface area (Å²) in [5.74, 6) is -0.928. The van der Waals surface area contributed by atoms with Gasteiger partial charge in [0.15, 0.2) is 0 Å². The molecular weight excluding hydrogens is 360 g/mol. The van der Waals surface area contributed by atoms with Crippen LogP contribution in [0.1, 0.15) is 38.2 Å². The van der Waals surface area contributed by atoms with Crippen LogP contribution < -0.4 is 15.4 Å². The number of aliphatic hydroxyl groups is 1. The number of carbonyl (C=O) groups excluding carboxylic acids is 2. The van der Waals surface area contributed by atoms with Gasteiger partial charge in [-0.25, -0.2) is 0 Å². The van der Waals surface area contributed by atoms with Gasteiger partial charge in [-0.15, -0.1) is 0 Å². The number of benzene rings is 1. The highest BCUT2D eigenvalue weighted by molar-refractivity contribution is 6.39. The molecule has 3 rings (SSSR count). The maximum absolute atomic E-state index is 12.3. The number of amides is 2. The molecule has 0 bridgehead atoms. The quantitative estimate of drug-likeness (QED) is 0.675. The van der Waals surface area contributed by atoms with Crippen LogP contribution in [0.4, 0.5) is 5.69 Å². The van der Waals surface area contributed by atoms with Crippen LogP contribution in [0.15, 0.2) is 36.1 Å². The largest absolute Gasteiger partial charge is 0.497 e. The van der Waals surface area contributed by atoms with Crippen molar-refractivity contribution in [3.05, 3.63) is 41.7 Å². The van der Waals surface area contributed by atoms with Gasteiger partial charge in [0.25, 0.3) is 0 Å². The van der Waals surface area contributed by atoms with E-state index in [1.807, 2.05) is 19.1 Å². The van der Waals surface area contributed by atoms with Gasteiger partial charge in [-0.2, -0.15) is 0 Å². The van der Waals surface area contributed by atoms with Crippen LogP contribution in [0.3, 0.4) is 0 Å². The molecule has 1 aliphatic carbocycles. The molecule has 0 aromatic heterocycles. The molecule has 150 valence electrons. The first-order valence-corrected chi connectivity index (χ1v) is 9.40. The molecule has 28 heavy (non-hydrogen) atoms. The molecule has 1 aromatic carbocycles. The zero-order valence-corrected chi connectivity index (χ0v) is 16.2. The van der Waals surface area contributed by atoms with Crippen molar-refractivity contribution in [3.63, 3.8) is 0 Å². The summed E-state index contributed by atoms with van der Waals surface area (Å²) in [6, 6.07) is 5.25. The number of carbonyl (C=O) groups is 2. The number of nitrogens with one attached hydrogen (secondary N) is 2. The number of methoxy groups -OCH3 is 1. The number of aliphatic hydroxyl groups excluding tert-OH is 1. The van der Waals surface area contributed by atoms with Gasteiger partial charge in [-0.3, -0.25) is 9.59 Å². The van der Waals surface area contributed by atoms with Gasteiger partial charge >= 0.3 is 11.8 Å². The first kappa shape index (κ1) is 19.9. The summed E-state index contributed by atoms with van der Waals surface area (Å²) in [5.41, 5.74) is 2.64. The Kier molecular flexibility index (Phi) is 6.04. The monoisotopic (exact) mass is 386 g/mol. The molecule has 0 radical (unpaired) electrons. The van der Waals surface area contributed by atoms with Crippen LogP contribution in [-0.2, 0) is 14.3 Å². The van der Waals surface area contributed by atoms with Crippen LogP contribution in [0, 0.1) is 0 Å². The summed E-state index contributed by atoms with van der Waals surface area (Å²) in [5, 5.41) is 14.9. The van der Waals surface area contributed by atoms with Crippen LogP contribution >= 0.6 is 0 Å². The van der Waals surface area contributed by atoms with E-state index >= 15 is 0 Å². The van der Waals surface area contributed by atoms with Crippen molar-refractivity contribution in [1.82, 2.24) is 5.32 Å². The number of hydrogen-bond donors (Lipinski definition) is 3. The smallest absolute Gasteiger partial charge is 0.313 e. The van der Waals surface area contributed by atoms with Gasteiger partial charge in [0.1, 0.15) is 12.4 Å². The normalized spacial score (nSPS) is 17.8. The predicted molar refractivity (Wildman–Crippen MR) is 106 cm³/mol. The van der Waals surface area contributed by atoms with E-state index < -0.39 is 17.4 Å². The molecule has 0 spiro atoms. The first-order chi connectivity index (χ1) is 13.5. The second-order valence-corrected chi connectivity index (χ2v) is 7.22. The maximum Gasteiger partial charge on any atom is 0.313 e. The van der Waals surface area contributed by atoms with Crippen molar-refractivity contribution < 1.29 is 24.2 Å². The molecule has 0 atom stereocenters. The van der Waals surface area contributed by atoms with Gasteiger partial charge in [-0.1, -0.05) is 12.8 Å². The summed E-state index contributed by atoms with van der Waals surface area (Å²) >= 11 is 0. The molecule has 1 fully saturated rings. The highest BCUT2D eigenvalue weighted by atomic mass is 16.5. The van der Waals surface area contributed by atoms with Crippen molar-refractivity contribution in [1.29, 1.82) is 0 Å². The predicted octanol–water partition coefficient (Wildman–Crippen LogP) is 2.37. The number of hydrogen-bond acceptors (Lipinski definition) is 5. The maximum atomic E-state index is 12.3. The molecule has 2 aliphatic rings. The van der Waals surface area contributed by atoms with E-state index in [9.17, 15) is 14.7 Å². The molecule has 7 nitrogen and oxygen atoms in total. The van der Waals surface area contributed by atoms with E-state index in [4.69, 9.17) is 9.47 Å². The fourth-order valence-corrected chi connectivity index (χ4v) is 3.70. The Balaban J connectivity index is 1.72. The highest BCUT2D eigenvalue weighted by Gasteiger charge is 2.36. The number of allylic oxidation sites excluding steroid dienone is 2. The van der Waals surface area contributed by atoms with E-state index in [0.29, 0.717) is 30.9 Å². The molecule has 7 heteroatoms. The number of ether oxygens (including phenoxy) is 2. The van der Waals surface area contributed by atoms with Crippen molar-refractivity contribution in [3.8, 4) is 5.75 Å². The molecule has 1 saturated carbocycles. The average molecular weight is 386 g/mol. The minimum Gasteiger partial charge on any atom is -0.497 e. The average Bonchev–Trinajstić information content (AvgIpc) is 3.17. The van der Waals surface area contributed by atoms with Crippen LogP contribution in [0.25, 0.3) is 5.57 Å². The zero-order valence-electron chi connectivity index (χ0n) is 16.2.